The molecule has 0 aliphatic carbocycles. The van der Waals surface area contributed by atoms with Crippen LogP contribution in [0.4, 0.5) is 10.1 Å². The van der Waals surface area contributed by atoms with Crippen LogP contribution in [0.25, 0.3) is 17.3 Å². The number of aryl methyl sites for hydroxylation is 1. The molecule has 0 saturated carbocycles. The first kappa shape index (κ1) is 22.5. The number of carbonyl (C=O) groups is 1. The summed E-state index contributed by atoms with van der Waals surface area (Å²) < 4.78 is 13.2. The van der Waals surface area contributed by atoms with Gasteiger partial charge in [0.05, 0.1) is 11.3 Å². The van der Waals surface area contributed by atoms with Crippen LogP contribution in [0.3, 0.4) is 0 Å². The molecule has 1 amide bonds. The molecule has 0 radical (unpaired) electrons. The molecule has 2 aromatic carbocycles. The number of fused-ring (bicyclic) bond motifs is 1. The molecule has 0 atom stereocenters. The summed E-state index contributed by atoms with van der Waals surface area (Å²) in [4.78, 5) is 22.1. The molecule has 2 aliphatic rings. The average molecular weight is 456 g/mol. The third-order valence-electron chi connectivity index (χ3n) is 6.74. The maximum atomic E-state index is 13.3. The largest absolute Gasteiger partial charge is 0.308 e. The molecule has 0 spiro atoms. The maximum Gasteiger partial charge on any atom is 0.259 e. The number of rotatable bonds is 6. The van der Waals surface area contributed by atoms with Crippen LogP contribution in [-0.4, -0.2) is 42.0 Å². The van der Waals surface area contributed by atoms with Crippen LogP contribution in [-0.2, 0) is 6.42 Å². The van der Waals surface area contributed by atoms with E-state index in [9.17, 15) is 9.18 Å². The van der Waals surface area contributed by atoms with Crippen molar-refractivity contribution in [2.45, 2.75) is 32.1 Å². The van der Waals surface area contributed by atoms with Crippen LogP contribution in [0.15, 0.2) is 66.9 Å². The van der Waals surface area contributed by atoms with Gasteiger partial charge in [-0.05, 0) is 105 Å². The SMILES string of the molecule is O=C(c1ccc(-c2ccc(F)cc2)nc1)N1CCCc2cc(C=CCCN3CCCC3)ccc21. The highest BCUT2D eigenvalue weighted by Crippen LogP contribution is 2.30. The van der Waals surface area contributed by atoms with Crippen molar-refractivity contribution in [2.24, 2.45) is 0 Å². The van der Waals surface area contributed by atoms with E-state index in [1.165, 1.54) is 49.2 Å². The zero-order valence-electron chi connectivity index (χ0n) is 19.4. The topological polar surface area (TPSA) is 36.4 Å². The van der Waals surface area contributed by atoms with Gasteiger partial charge in [0.25, 0.3) is 5.91 Å². The fourth-order valence-electron chi connectivity index (χ4n) is 4.88. The Bertz CT molecular complexity index is 1160. The van der Waals surface area contributed by atoms with E-state index in [4.69, 9.17) is 0 Å². The third kappa shape index (κ3) is 5.10. The van der Waals surface area contributed by atoms with E-state index in [-0.39, 0.29) is 11.7 Å². The number of nitrogens with zero attached hydrogens (tertiary/aromatic N) is 3. The molecular formula is C29H30FN3O. The van der Waals surface area contributed by atoms with Gasteiger partial charge >= 0.3 is 0 Å². The summed E-state index contributed by atoms with van der Waals surface area (Å²) in [6.07, 6.45) is 11.7. The summed E-state index contributed by atoms with van der Waals surface area (Å²) in [7, 11) is 0. The Morgan fingerprint density at radius 3 is 2.56 bits per heavy atom. The molecule has 3 heterocycles. The van der Waals surface area contributed by atoms with E-state index in [0.29, 0.717) is 12.1 Å². The molecule has 0 N–H and O–H groups in total. The van der Waals surface area contributed by atoms with Crippen LogP contribution in [0.2, 0.25) is 0 Å². The van der Waals surface area contributed by atoms with E-state index >= 15 is 0 Å². The summed E-state index contributed by atoms with van der Waals surface area (Å²) in [5, 5.41) is 0. The average Bonchev–Trinajstić information content (AvgIpc) is 3.40. The Morgan fingerprint density at radius 1 is 0.971 bits per heavy atom. The lowest BCUT2D eigenvalue weighted by atomic mass is 9.98. The fourth-order valence-corrected chi connectivity index (χ4v) is 4.88. The number of amides is 1. The molecule has 2 aliphatic heterocycles. The fraction of sp³-hybridized carbons (Fsp3) is 0.310. The quantitative estimate of drug-likeness (QED) is 0.459. The van der Waals surface area contributed by atoms with E-state index in [1.54, 1.807) is 24.4 Å². The lowest BCUT2D eigenvalue weighted by Gasteiger charge is -2.30. The van der Waals surface area contributed by atoms with Gasteiger partial charge in [0.15, 0.2) is 0 Å². The van der Waals surface area contributed by atoms with Crippen molar-refractivity contribution in [1.29, 1.82) is 0 Å². The second kappa shape index (κ2) is 10.3. The van der Waals surface area contributed by atoms with Gasteiger partial charge in [0.2, 0.25) is 0 Å². The van der Waals surface area contributed by atoms with Crippen LogP contribution >= 0.6 is 0 Å². The van der Waals surface area contributed by atoms with Crippen molar-refractivity contribution in [3.05, 3.63) is 89.4 Å². The normalized spacial score (nSPS) is 16.2. The summed E-state index contributed by atoms with van der Waals surface area (Å²) in [5.41, 5.74) is 5.51. The lowest BCUT2D eigenvalue weighted by molar-refractivity contribution is 0.0985. The van der Waals surface area contributed by atoms with E-state index in [1.807, 2.05) is 11.0 Å². The lowest BCUT2D eigenvalue weighted by Crippen LogP contribution is -2.35. The van der Waals surface area contributed by atoms with Gasteiger partial charge in [-0.2, -0.15) is 0 Å². The number of aromatic nitrogens is 1. The number of pyridine rings is 1. The Morgan fingerprint density at radius 2 is 1.79 bits per heavy atom. The highest BCUT2D eigenvalue weighted by molar-refractivity contribution is 6.06. The van der Waals surface area contributed by atoms with E-state index in [2.05, 4.69) is 40.2 Å². The predicted molar refractivity (Wildman–Crippen MR) is 135 cm³/mol. The zero-order chi connectivity index (χ0) is 23.3. The minimum Gasteiger partial charge on any atom is -0.308 e. The molecule has 1 aromatic heterocycles. The highest BCUT2D eigenvalue weighted by atomic mass is 19.1. The number of likely N-dealkylation sites (tertiary alicyclic amines) is 1. The molecule has 1 fully saturated rings. The van der Waals surface area contributed by atoms with Gasteiger partial charge in [-0.25, -0.2) is 4.39 Å². The second-order valence-electron chi connectivity index (χ2n) is 9.13. The highest BCUT2D eigenvalue weighted by Gasteiger charge is 2.24. The molecule has 3 aromatic rings. The molecule has 174 valence electrons. The van der Waals surface area contributed by atoms with Gasteiger partial charge in [0, 0.05) is 30.5 Å². The van der Waals surface area contributed by atoms with Crippen molar-refractivity contribution in [2.75, 3.05) is 31.1 Å². The molecule has 5 heteroatoms. The Labute approximate surface area is 200 Å². The predicted octanol–water partition coefficient (Wildman–Crippen LogP) is 5.98. The Kier molecular flexibility index (Phi) is 6.82. The monoisotopic (exact) mass is 455 g/mol. The number of benzene rings is 2. The van der Waals surface area contributed by atoms with Crippen molar-refractivity contribution in [3.8, 4) is 11.3 Å². The summed E-state index contributed by atoms with van der Waals surface area (Å²) in [6.45, 7) is 4.32. The van der Waals surface area contributed by atoms with Crippen LogP contribution in [0.5, 0.6) is 0 Å². The summed E-state index contributed by atoms with van der Waals surface area (Å²) in [5.74, 6) is -0.312. The number of hydrogen-bond donors (Lipinski definition) is 0. The molecular weight excluding hydrogens is 425 g/mol. The van der Waals surface area contributed by atoms with Gasteiger partial charge in [-0.3, -0.25) is 9.78 Å². The van der Waals surface area contributed by atoms with Gasteiger partial charge in [-0.15, -0.1) is 0 Å². The van der Waals surface area contributed by atoms with Crippen molar-refractivity contribution in [1.82, 2.24) is 9.88 Å². The number of anilines is 1. The first-order chi connectivity index (χ1) is 16.7. The van der Waals surface area contributed by atoms with Crippen LogP contribution in [0, 0.1) is 5.82 Å². The molecule has 0 unspecified atom stereocenters. The van der Waals surface area contributed by atoms with Crippen molar-refractivity contribution < 1.29 is 9.18 Å². The molecule has 34 heavy (non-hydrogen) atoms. The van der Waals surface area contributed by atoms with Crippen LogP contribution < -0.4 is 4.90 Å². The molecule has 4 nitrogen and oxygen atoms in total. The summed E-state index contributed by atoms with van der Waals surface area (Å²) >= 11 is 0. The second-order valence-corrected chi connectivity index (χ2v) is 9.13. The van der Waals surface area contributed by atoms with Crippen molar-refractivity contribution in [3.63, 3.8) is 0 Å². The van der Waals surface area contributed by atoms with Gasteiger partial charge < -0.3 is 9.80 Å². The molecule has 5 rings (SSSR count). The Hall–Kier alpha value is -3.31. The standard InChI is InChI=1S/C29H30FN3O/c30-26-12-9-23(10-13-26)27-14-11-25(21-31-27)29(34)33-19-5-7-24-20-22(8-15-28(24)33)6-1-2-16-32-17-3-4-18-32/h1,6,8-15,20-21H,2-5,7,16-19H2. The van der Waals surface area contributed by atoms with Crippen LogP contribution in [0.1, 0.15) is 47.2 Å². The third-order valence-corrected chi connectivity index (χ3v) is 6.74. The first-order valence-electron chi connectivity index (χ1n) is 12.2. The first-order valence-corrected chi connectivity index (χ1v) is 12.2. The minimum absolute atomic E-state index is 0.0342. The van der Waals surface area contributed by atoms with Gasteiger partial charge in [0.1, 0.15) is 5.82 Å². The number of carbonyl (C=O) groups excluding carboxylic acids is 1. The molecule has 0 bridgehead atoms. The summed E-state index contributed by atoms with van der Waals surface area (Å²) in [6, 6.07) is 16.2. The van der Waals surface area contributed by atoms with Gasteiger partial charge in [-0.1, -0.05) is 18.2 Å². The smallest absolute Gasteiger partial charge is 0.259 e. The number of hydrogen-bond acceptors (Lipinski definition) is 3. The van der Waals surface area contributed by atoms with E-state index in [0.717, 1.165) is 42.8 Å². The molecule has 1 saturated heterocycles. The van der Waals surface area contributed by atoms with E-state index < -0.39 is 0 Å². The van der Waals surface area contributed by atoms with Crippen molar-refractivity contribution >= 4 is 17.7 Å². The zero-order valence-corrected chi connectivity index (χ0v) is 19.4. The Balaban J connectivity index is 1.27. The maximum absolute atomic E-state index is 13.3. The number of halogens is 1. The minimum atomic E-state index is -0.278.